The van der Waals surface area contributed by atoms with Crippen molar-refractivity contribution >= 4 is 21.6 Å². The van der Waals surface area contributed by atoms with Gasteiger partial charge in [-0.25, -0.2) is 13.1 Å². The molecule has 7 heteroatoms. The molecule has 1 rings (SSSR count). The van der Waals surface area contributed by atoms with Gasteiger partial charge in [-0.05, 0) is 37.2 Å². The molecule has 0 spiro atoms. The van der Waals surface area contributed by atoms with Gasteiger partial charge in [-0.1, -0.05) is 39.0 Å². The second-order valence-corrected chi connectivity index (χ2v) is 6.97. The van der Waals surface area contributed by atoms with E-state index in [2.05, 4.69) is 6.92 Å². The first-order valence-electron chi connectivity index (χ1n) is 7.92. The van der Waals surface area contributed by atoms with Crippen LogP contribution in [-0.4, -0.2) is 20.9 Å². The molecule has 132 valence electrons. The molecule has 0 aromatic heterocycles. The molecule has 0 unspecified atom stereocenters. The Hall–Kier alpha value is -1.60. The molecule has 0 bridgehead atoms. The summed E-state index contributed by atoms with van der Waals surface area (Å²) in [6.07, 6.45) is 8.05. The number of carbonyl (C=O) groups is 1. The highest BCUT2D eigenvalue weighted by atomic mass is 32.2. The van der Waals surface area contributed by atoms with Crippen molar-refractivity contribution in [3.8, 4) is 0 Å². The predicted molar refractivity (Wildman–Crippen MR) is 94.3 cm³/mol. The molecule has 23 heavy (non-hydrogen) atoms. The SMILES string of the molecule is CC(=O)NS(=O)(=O)c1ccc(N)cc1.CCCCCCCCN. The third kappa shape index (κ3) is 10.7. The molecule has 5 N–H and O–H groups in total. The van der Waals surface area contributed by atoms with E-state index in [1.165, 1.54) is 62.8 Å². The summed E-state index contributed by atoms with van der Waals surface area (Å²) < 4.78 is 24.6. The number of sulfonamides is 1. The van der Waals surface area contributed by atoms with Crippen molar-refractivity contribution in [2.45, 2.75) is 57.3 Å². The Labute approximate surface area is 139 Å². The fraction of sp³-hybridized carbons (Fsp3) is 0.562. The molecule has 0 saturated carbocycles. The molecule has 6 nitrogen and oxygen atoms in total. The first kappa shape index (κ1) is 21.4. The van der Waals surface area contributed by atoms with Crippen LogP contribution in [0, 0.1) is 0 Å². The van der Waals surface area contributed by atoms with E-state index in [-0.39, 0.29) is 4.90 Å². The van der Waals surface area contributed by atoms with Crippen LogP contribution in [0.2, 0.25) is 0 Å². The van der Waals surface area contributed by atoms with Crippen LogP contribution in [0.4, 0.5) is 5.69 Å². The number of nitrogens with one attached hydrogen (secondary N) is 1. The van der Waals surface area contributed by atoms with E-state index in [1.54, 1.807) is 0 Å². The normalized spacial score (nSPS) is 10.6. The lowest BCUT2D eigenvalue weighted by Crippen LogP contribution is -2.28. The maximum absolute atomic E-state index is 11.4. The fourth-order valence-electron chi connectivity index (χ4n) is 1.82. The number of anilines is 1. The van der Waals surface area contributed by atoms with Crippen LogP contribution in [0.15, 0.2) is 29.2 Å². The number of carbonyl (C=O) groups excluding carboxylic acids is 1. The van der Waals surface area contributed by atoms with Crippen molar-refractivity contribution in [1.82, 2.24) is 4.72 Å². The predicted octanol–water partition coefficient (Wildman–Crippen LogP) is 2.40. The zero-order valence-electron chi connectivity index (χ0n) is 14.0. The Balaban J connectivity index is 0.000000468. The summed E-state index contributed by atoms with van der Waals surface area (Å²) in [5, 5.41) is 0. The average Bonchev–Trinajstić information content (AvgIpc) is 2.47. The van der Waals surface area contributed by atoms with E-state index < -0.39 is 15.9 Å². The lowest BCUT2D eigenvalue weighted by Gasteiger charge is -2.04. The van der Waals surface area contributed by atoms with E-state index in [4.69, 9.17) is 11.5 Å². The number of amides is 1. The van der Waals surface area contributed by atoms with Crippen molar-refractivity contribution in [2.24, 2.45) is 5.73 Å². The Morgan fingerprint density at radius 1 is 1.04 bits per heavy atom. The van der Waals surface area contributed by atoms with Crippen LogP contribution in [0.5, 0.6) is 0 Å². The Kier molecular flexibility index (Phi) is 11.1. The second kappa shape index (κ2) is 11.9. The molecule has 0 atom stereocenters. The number of hydrogen-bond acceptors (Lipinski definition) is 5. The van der Waals surface area contributed by atoms with E-state index in [0.717, 1.165) is 13.5 Å². The standard InChI is InChI=1S/C8H10N2O3S.C8H19N/c1-6(11)10-14(12,13)8-4-2-7(9)3-5-8;1-2-3-4-5-6-7-8-9/h2-5H,9H2,1H3,(H,10,11);2-9H2,1H3. The summed E-state index contributed by atoms with van der Waals surface area (Å²) in [6, 6.07) is 5.57. The minimum Gasteiger partial charge on any atom is -0.399 e. The minimum atomic E-state index is -3.73. The first-order valence-corrected chi connectivity index (χ1v) is 9.40. The molecule has 0 aliphatic carbocycles. The summed E-state index contributed by atoms with van der Waals surface area (Å²) >= 11 is 0. The van der Waals surface area contributed by atoms with Gasteiger partial charge in [-0.15, -0.1) is 0 Å². The number of nitrogens with two attached hydrogens (primary N) is 2. The Bertz CT molecular complexity index is 536. The van der Waals surface area contributed by atoms with Gasteiger partial charge in [0.1, 0.15) is 0 Å². The number of rotatable bonds is 8. The molecular weight excluding hydrogens is 314 g/mol. The third-order valence-electron chi connectivity index (χ3n) is 3.03. The van der Waals surface area contributed by atoms with Gasteiger partial charge in [0, 0.05) is 12.6 Å². The van der Waals surface area contributed by atoms with Crippen molar-refractivity contribution in [3.05, 3.63) is 24.3 Å². The lowest BCUT2D eigenvalue weighted by atomic mass is 10.1. The number of unbranched alkanes of at least 4 members (excludes halogenated alkanes) is 5. The zero-order valence-corrected chi connectivity index (χ0v) is 14.9. The molecule has 0 fully saturated rings. The highest BCUT2D eigenvalue weighted by molar-refractivity contribution is 7.90. The topological polar surface area (TPSA) is 115 Å². The van der Waals surface area contributed by atoms with Gasteiger partial charge < -0.3 is 11.5 Å². The summed E-state index contributed by atoms with van der Waals surface area (Å²) in [5.74, 6) is -0.623. The largest absolute Gasteiger partial charge is 0.399 e. The molecule has 1 amide bonds. The lowest BCUT2D eigenvalue weighted by molar-refractivity contribution is -0.117. The molecule has 0 aliphatic rings. The Morgan fingerprint density at radius 2 is 1.57 bits per heavy atom. The van der Waals surface area contributed by atoms with Crippen LogP contribution in [0.1, 0.15) is 52.4 Å². The quantitative estimate of drug-likeness (QED) is 0.495. The molecule has 1 aromatic rings. The van der Waals surface area contributed by atoms with Crippen LogP contribution in [0.3, 0.4) is 0 Å². The van der Waals surface area contributed by atoms with Crippen molar-refractivity contribution in [2.75, 3.05) is 12.3 Å². The maximum Gasteiger partial charge on any atom is 0.264 e. The van der Waals surface area contributed by atoms with Gasteiger partial charge in [-0.3, -0.25) is 4.79 Å². The molecule has 0 radical (unpaired) electrons. The van der Waals surface area contributed by atoms with E-state index in [1.807, 2.05) is 4.72 Å². The van der Waals surface area contributed by atoms with Crippen LogP contribution in [-0.2, 0) is 14.8 Å². The number of benzene rings is 1. The van der Waals surface area contributed by atoms with E-state index in [0.29, 0.717) is 5.69 Å². The van der Waals surface area contributed by atoms with E-state index in [9.17, 15) is 13.2 Å². The second-order valence-electron chi connectivity index (χ2n) is 5.29. The van der Waals surface area contributed by atoms with Crippen LogP contribution in [0.25, 0.3) is 0 Å². The number of hydrogen-bond donors (Lipinski definition) is 3. The van der Waals surface area contributed by atoms with Crippen LogP contribution < -0.4 is 16.2 Å². The molecule has 0 heterocycles. The van der Waals surface area contributed by atoms with Gasteiger partial charge in [0.05, 0.1) is 4.90 Å². The van der Waals surface area contributed by atoms with Gasteiger partial charge in [0.2, 0.25) is 5.91 Å². The molecule has 0 aliphatic heterocycles. The smallest absolute Gasteiger partial charge is 0.264 e. The zero-order chi connectivity index (χ0) is 17.7. The van der Waals surface area contributed by atoms with Crippen LogP contribution >= 0.6 is 0 Å². The van der Waals surface area contributed by atoms with Gasteiger partial charge in [0.25, 0.3) is 10.0 Å². The fourth-order valence-corrected chi connectivity index (χ4v) is 2.81. The van der Waals surface area contributed by atoms with Crippen molar-refractivity contribution in [1.29, 1.82) is 0 Å². The summed E-state index contributed by atoms with van der Waals surface area (Å²) in [6.45, 7) is 4.24. The average molecular weight is 343 g/mol. The molecule has 0 saturated heterocycles. The maximum atomic E-state index is 11.4. The highest BCUT2D eigenvalue weighted by Gasteiger charge is 2.14. The highest BCUT2D eigenvalue weighted by Crippen LogP contribution is 2.10. The minimum absolute atomic E-state index is 0.0156. The summed E-state index contributed by atoms with van der Waals surface area (Å²) in [7, 11) is -3.73. The first-order chi connectivity index (χ1) is 10.8. The molecule has 1 aromatic carbocycles. The summed E-state index contributed by atoms with van der Waals surface area (Å²) in [4.78, 5) is 10.6. The number of nitrogen functional groups attached to an aromatic ring is 1. The van der Waals surface area contributed by atoms with Gasteiger partial charge in [0.15, 0.2) is 0 Å². The monoisotopic (exact) mass is 343 g/mol. The van der Waals surface area contributed by atoms with Crippen molar-refractivity contribution in [3.63, 3.8) is 0 Å². The third-order valence-corrected chi connectivity index (χ3v) is 4.48. The molecular formula is C16H29N3O3S. The van der Waals surface area contributed by atoms with Gasteiger partial charge >= 0.3 is 0 Å². The summed E-state index contributed by atoms with van der Waals surface area (Å²) in [5.41, 5.74) is 11.2. The Morgan fingerprint density at radius 3 is 2.04 bits per heavy atom. The van der Waals surface area contributed by atoms with E-state index >= 15 is 0 Å². The van der Waals surface area contributed by atoms with Gasteiger partial charge in [-0.2, -0.15) is 0 Å². The van der Waals surface area contributed by atoms with Crippen molar-refractivity contribution < 1.29 is 13.2 Å².